The number of imidazole rings is 1. The quantitative estimate of drug-likeness (QED) is 0.777. The fourth-order valence-electron chi connectivity index (χ4n) is 1.93. The first-order chi connectivity index (χ1) is 9.19. The van der Waals surface area contributed by atoms with Gasteiger partial charge in [0.05, 0.1) is 18.9 Å². The number of aromatic nitrogens is 2. The van der Waals surface area contributed by atoms with Crippen LogP contribution in [0.5, 0.6) is 5.75 Å². The summed E-state index contributed by atoms with van der Waals surface area (Å²) < 4.78 is 12.4. The number of hydrogen-bond acceptors (Lipinski definition) is 4. The zero-order valence-corrected chi connectivity index (χ0v) is 11.5. The molecule has 0 saturated heterocycles. The SMILES string of the molecule is CCCOc1cccn2c(C(=O)OCC)c(C)nc12. The first-order valence-corrected chi connectivity index (χ1v) is 6.46. The van der Waals surface area contributed by atoms with Crippen LogP contribution in [0.25, 0.3) is 5.65 Å². The molecule has 0 fully saturated rings. The minimum absolute atomic E-state index is 0.345. The van der Waals surface area contributed by atoms with Crippen molar-refractivity contribution in [3.63, 3.8) is 0 Å². The molecule has 0 saturated carbocycles. The Balaban J connectivity index is 2.49. The smallest absolute Gasteiger partial charge is 0.357 e. The zero-order chi connectivity index (χ0) is 13.8. The summed E-state index contributed by atoms with van der Waals surface area (Å²) in [5.41, 5.74) is 1.75. The number of carbonyl (C=O) groups excluding carboxylic acids is 1. The van der Waals surface area contributed by atoms with E-state index in [-0.39, 0.29) is 5.97 Å². The van der Waals surface area contributed by atoms with Gasteiger partial charge in [-0.25, -0.2) is 9.78 Å². The van der Waals surface area contributed by atoms with Crippen molar-refractivity contribution in [2.45, 2.75) is 27.2 Å². The van der Waals surface area contributed by atoms with Crippen LogP contribution in [0.15, 0.2) is 18.3 Å². The number of esters is 1. The first-order valence-electron chi connectivity index (χ1n) is 6.46. The third-order valence-corrected chi connectivity index (χ3v) is 2.72. The first kappa shape index (κ1) is 13.4. The molecule has 0 spiro atoms. The number of pyridine rings is 1. The van der Waals surface area contributed by atoms with Crippen molar-refractivity contribution < 1.29 is 14.3 Å². The van der Waals surface area contributed by atoms with E-state index in [1.165, 1.54) is 0 Å². The van der Waals surface area contributed by atoms with E-state index in [1.54, 1.807) is 24.4 Å². The van der Waals surface area contributed by atoms with Crippen LogP contribution < -0.4 is 4.74 Å². The number of rotatable bonds is 5. The Morgan fingerprint density at radius 1 is 1.42 bits per heavy atom. The van der Waals surface area contributed by atoms with Gasteiger partial charge in [0.1, 0.15) is 0 Å². The average Bonchev–Trinajstić information content (AvgIpc) is 2.73. The third-order valence-electron chi connectivity index (χ3n) is 2.72. The monoisotopic (exact) mass is 262 g/mol. The molecule has 0 bridgehead atoms. The van der Waals surface area contributed by atoms with Gasteiger partial charge in [0.2, 0.25) is 0 Å². The highest BCUT2D eigenvalue weighted by Gasteiger charge is 2.19. The maximum atomic E-state index is 11.9. The van der Waals surface area contributed by atoms with Gasteiger partial charge in [-0.3, -0.25) is 4.40 Å². The minimum Gasteiger partial charge on any atom is -0.490 e. The molecule has 0 aromatic carbocycles. The fraction of sp³-hybridized carbons (Fsp3) is 0.429. The van der Waals surface area contributed by atoms with E-state index in [9.17, 15) is 4.79 Å². The Hall–Kier alpha value is -2.04. The number of hydrogen-bond donors (Lipinski definition) is 0. The van der Waals surface area contributed by atoms with Crippen LogP contribution in [0.3, 0.4) is 0 Å². The topological polar surface area (TPSA) is 52.8 Å². The van der Waals surface area contributed by atoms with Gasteiger partial charge < -0.3 is 9.47 Å². The Morgan fingerprint density at radius 3 is 2.89 bits per heavy atom. The summed E-state index contributed by atoms with van der Waals surface area (Å²) in [6.07, 6.45) is 2.71. The molecular formula is C14H18N2O3. The number of aryl methyl sites for hydroxylation is 1. The van der Waals surface area contributed by atoms with Gasteiger partial charge in [-0.05, 0) is 32.4 Å². The predicted molar refractivity (Wildman–Crippen MR) is 71.7 cm³/mol. The lowest BCUT2D eigenvalue weighted by atomic mass is 10.3. The molecule has 5 nitrogen and oxygen atoms in total. The number of carbonyl (C=O) groups is 1. The number of fused-ring (bicyclic) bond motifs is 1. The summed E-state index contributed by atoms with van der Waals surface area (Å²) in [4.78, 5) is 16.3. The Morgan fingerprint density at radius 2 is 2.21 bits per heavy atom. The Kier molecular flexibility index (Phi) is 4.04. The average molecular weight is 262 g/mol. The van der Waals surface area contributed by atoms with Gasteiger partial charge in [0.25, 0.3) is 0 Å². The molecule has 19 heavy (non-hydrogen) atoms. The second-order valence-electron chi connectivity index (χ2n) is 4.18. The molecule has 0 aliphatic heterocycles. The summed E-state index contributed by atoms with van der Waals surface area (Å²) in [5.74, 6) is 0.322. The van der Waals surface area contributed by atoms with Crippen molar-refractivity contribution in [3.8, 4) is 5.75 Å². The van der Waals surface area contributed by atoms with E-state index in [4.69, 9.17) is 9.47 Å². The standard InChI is InChI=1S/C14H18N2O3/c1-4-9-19-11-7-6-8-16-12(14(17)18-5-2)10(3)15-13(11)16/h6-8H,4-5,9H2,1-3H3. The molecule has 0 atom stereocenters. The van der Waals surface area contributed by atoms with Crippen molar-refractivity contribution in [2.75, 3.05) is 13.2 Å². The van der Waals surface area contributed by atoms with Gasteiger partial charge in [-0.1, -0.05) is 6.92 Å². The maximum Gasteiger partial charge on any atom is 0.357 e. The summed E-state index contributed by atoms with van der Waals surface area (Å²) >= 11 is 0. The molecule has 5 heteroatoms. The largest absolute Gasteiger partial charge is 0.490 e. The summed E-state index contributed by atoms with van der Waals surface area (Å²) in [7, 11) is 0. The predicted octanol–water partition coefficient (Wildman–Crippen LogP) is 2.61. The third kappa shape index (κ3) is 2.54. The molecule has 0 aliphatic carbocycles. The molecule has 102 valence electrons. The van der Waals surface area contributed by atoms with E-state index in [2.05, 4.69) is 4.98 Å². The van der Waals surface area contributed by atoms with Crippen molar-refractivity contribution in [1.82, 2.24) is 9.38 Å². The van der Waals surface area contributed by atoms with Crippen LogP contribution >= 0.6 is 0 Å². The van der Waals surface area contributed by atoms with Crippen LogP contribution in [0.4, 0.5) is 0 Å². The highest BCUT2D eigenvalue weighted by atomic mass is 16.5. The second-order valence-corrected chi connectivity index (χ2v) is 4.18. The van der Waals surface area contributed by atoms with E-state index in [0.29, 0.717) is 36.0 Å². The maximum absolute atomic E-state index is 11.9. The number of nitrogens with zero attached hydrogens (tertiary/aromatic N) is 2. The van der Waals surface area contributed by atoms with Crippen LogP contribution in [-0.4, -0.2) is 28.6 Å². The molecule has 0 amide bonds. The summed E-state index contributed by atoms with van der Waals surface area (Å²) in [6, 6.07) is 3.69. The fourth-order valence-corrected chi connectivity index (χ4v) is 1.93. The van der Waals surface area contributed by atoms with Gasteiger partial charge in [0, 0.05) is 6.20 Å². The molecule has 0 radical (unpaired) electrons. The Bertz CT molecular complexity index is 590. The number of ether oxygens (including phenoxy) is 2. The van der Waals surface area contributed by atoms with Crippen LogP contribution in [-0.2, 0) is 4.74 Å². The molecule has 0 aliphatic rings. The highest BCUT2D eigenvalue weighted by molar-refractivity contribution is 5.90. The van der Waals surface area contributed by atoms with Gasteiger partial charge in [0.15, 0.2) is 17.1 Å². The molecule has 2 aromatic rings. The van der Waals surface area contributed by atoms with E-state index >= 15 is 0 Å². The normalized spacial score (nSPS) is 10.7. The molecule has 2 aromatic heterocycles. The van der Waals surface area contributed by atoms with E-state index in [1.807, 2.05) is 19.1 Å². The zero-order valence-electron chi connectivity index (χ0n) is 11.5. The highest BCUT2D eigenvalue weighted by Crippen LogP contribution is 2.22. The van der Waals surface area contributed by atoms with Crippen molar-refractivity contribution in [3.05, 3.63) is 29.7 Å². The van der Waals surface area contributed by atoms with Crippen molar-refractivity contribution in [2.24, 2.45) is 0 Å². The van der Waals surface area contributed by atoms with E-state index < -0.39 is 0 Å². The molecule has 0 N–H and O–H groups in total. The van der Waals surface area contributed by atoms with Gasteiger partial charge in [-0.15, -0.1) is 0 Å². The minimum atomic E-state index is -0.361. The van der Waals surface area contributed by atoms with Crippen LogP contribution in [0, 0.1) is 6.92 Å². The van der Waals surface area contributed by atoms with Crippen LogP contribution in [0.2, 0.25) is 0 Å². The van der Waals surface area contributed by atoms with E-state index in [0.717, 1.165) is 6.42 Å². The van der Waals surface area contributed by atoms with Crippen LogP contribution in [0.1, 0.15) is 36.5 Å². The van der Waals surface area contributed by atoms with Gasteiger partial charge >= 0.3 is 5.97 Å². The lowest BCUT2D eigenvalue weighted by Gasteiger charge is -2.06. The molecule has 2 rings (SSSR count). The second kappa shape index (κ2) is 5.73. The lowest BCUT2D eigenvalue weighted by Crippen LogP contribution is -2.09. The summed E-state index contributed by atoms with van der Waals surface area (Å²) in [6.45, 7) is 6.59. The molecule has 0 unspecified atom stereocenters. The van der Waals surface area contributed by atoms with Crippen molar-refractivity contribution >= 4 is 11.6 Å². The summed E-state index contributed by atoms with van der Waals surface area (Å²) in [5, 5.41) is 0. The molecular weight excluding hydrogens is 244 g/mol. The van der Waals surface area contributed by atoms with Crippen molar-refractivity contribution in [1.29, 1.82) is 0 Å². The lowest BCUT2D eigenvalue weighted by molar-refractivity contribution is 0.0517. The molecule has 2 heterocycles. The Labute approximate surface area is 112 Å². The van der Waals surface area contributed by atoms with Gasteiger partial charge in [-0.2, -0.15) is 0 Å².